The molecule has 0 unspecified atom stereocenters. The Kier molecular flexibility index (Phi) is 4.85. The first-order valence-electron chi connectivity index (χ1n) is 8.77. The predicted octanol–water partition coefficient (Wildman–Crippen LogP) is 0.183. The largest absolute Gasteiger partial charge is 0.373 e. The third-order valence-corrected chi connectivity index (χ3v) is 4.86. The Morgan fingerprint density at radius 1 is 1.31 bits per heavy atom. The standard InChI is InChI=1S/C17H25N5O4/c1-9-6-21(7-10(2)26-9)8-13-18-15-14(22(13)11(3)12(4)23)16(24)19-17(25)20(15)5/h9-11H,6-8H2,1-5H3,(H,19,24,25)/t9-,10-,11-/m0/s1. The van der Waals surface area contributed by atoms with Gasteiger partial charge in [-0.2, -0.15) is 0 Å². The summed E-state index contributed by atoms with van der Waals surface area (Å²) in [7, 11) is 1.55. The van der Waals surface area contributed by atoms with Crippen LogP contribution in [0.2, 0.25) is 0 Å². The first kappa shape index (κ1) is 18.5. The third-order valence-electron chi connectivity index (χ3n) is 4.86. The van der Waals surface area contributed by atoms with Gasteiger partial charge in [0.15, 0.2) is 16.9 Å². The van der Waals surface area contributed by atoms with Crippen LogP contribution in [0.1, 0.15) is 39.6 Å². The summed E-state index contributed by atoms with van der Waals surface area (Å²) < 4.78 is 8.71. The van der Waals surface area contributed by atoms with Crippen LogP contribution in [0.25, 0.3) is 11.2 Å². The van der Waals surface area contributed by atoms with E-state index in [9.17, 15) is 14.4 Å². The smallest absolute Gasteiger partial charge is 0.329 e. The molecule has 1 fully saturated rings. The van der Waals surface area contributed by atoms with Gasteiger partial charge in [-0.25, -0.2) is 9.78 Å². The average Bonchev–Trinajstić information content (AvgIpc) is 2.90. The van der Waals surface area contributed by atoms with E-state index in [-0.39, 0.29) is 29.2 Å². The predicted molar refractivity (Wildman–Crippen MR) is 96.3 cm³/mol. The van der Waals surface area contributed by atoms with Gasteiger partial charge in [0, 0.05) is 20.1 Å². The van der Waals surface area contributed by atoms with Gasteiger partial charge in [-0.15, -0.1) is 0 Å². The Labute approximate surface area is 150 Å². The van der Waals surface area contributed by atoms with Gasteiger partial charge in [-0.05, 0) is 27.7 Å². The summed E-state index contributed by atoms with van der Waals surface area (Å²) in [6, 6.07) is -0.551. The fourth-order valence-electron chi connectivity index (χ4n) is 3.57. The Morgan fingerprint density at radius 2 is 1.92 bits per heavy atom. The van der Waals surface area contributed by atoms with Crippen molar-refractivity contribution in [2.75, 3.05) is 13.1 Å². The zero-order valence-corrected chi connectivity index (χ0v) is 15.8. The van der Waals surface area contributed by atoms with Crippen LogP contribution in [0.5, 0.6) is 0 Å². The molecule has 3 heterocycles. The molecule has 142 valence electrons. The molecule has 0 aliphatic carbocycles. The molecule has 3 atom stereocenters. The van der Waals surface area contributed by atoms with Crippen LogP contribution in [0, 0.1) is 0 Å². The number of nitrogens with one attached hydrogen (secondary N) is 1. The molecule has 0 spiro atoms. The number of Topliss-reactive ketones (excluding diaryl/α,β-unsaturated/α-hetero) is 1. The van der Waals surface area contributed by atoms with Crippen molar-refractivity contribution in [3.05, 3.63) is 26.7 Å². The monoisotopic (exact) mass is 363 g/mol. The van der Waals surface area contributed by atoms with Crippen molar-refractivity contribution in [2.45, 2.75) is 52.5 Å². The van der Waals surface area contributed by atoms with E-state index in [0.29, 0.717) is 12.4 Å². The van der Waals surface area contributed by atoms with Crippen molar-refractivity contribution in [2.24, 2.45) is 7.05 Å². The summed E-state index contributed by atoms with van der Waals surface area (Å²) in [5, 5.41) is 0. The molecule has 0 radical (unpaired) electrons. The molecule has 0 amide bonds. The Balaban J connectivity index is 2.15. The normalized spacial score (nSPS) is 22.7. The van der Waals surface area contributed by atoms with Crippen molar-refractivity contribution in [1.82, 2.24) is 24.0 Å². The molecule has 1 saturated heterocycles. The van der Waals surface area contributed by atoms with E-state index in [1.807, 2.05) is 13.8 Å². The van der Waals surface area contributed by atoms with Crippen molar-refractivity contribution in [1.29, 1.82) is 0 Å². The lowest BCUT2D eigenvalue weighted by molar-refractivity contribution is -0.119. The van der Waals surface area contributed by atoms with Gasteiger partial charge in [0.2, 0.25) is 0 Å². The molecule has 2 aromatic heterocycles. The molecular weight excluding hydrogens is 338 g/mol. The molecule has 3 rings (SSSR count). The number of H-pyrrole nitrogens is 1. The highest BCUT2D eigenvalue weighted by molar-refractivity contribution is 5.82. The number of imidazole rings is 1. The van der Waals surface area contributed by atoms with E-state index in [0.717, 1.165) is 13.1 Å². The van der Waals surface area contributed by atoms with E-state index in [1.165, 1.54) is 11.5 Å². The fraction of sp³-hybridized carbons (Fsp3) is 0.647. The zero-order chi connectivity index (χ0) is 19.2. The highest BCUT2D eigenvalue weighted by Crippen LogP contribution is 2.21. The minimum atomic E-state index is -0.551. The Morgan fingerprint density at radius 3 is 2.50 bits per heavy atom. The maximum atomic E-state index is 12.4. The second kappa shape index (κ2) is 6.81. The second-order valence-electron chi connectivity index (χ2n) is 7.13. The first-order chi connectivity index (χ1) is 12.2. The topological polar surface area (TPSA) is 102 Å². The van der Waals surface area contributed by atoms with Gasteiger partial charge in [0.05, 0.1) is 24.8 Å². The number of rotatable bonds is 4. The summed E-state index contributed by atoms with van der Waals surface area (Å²) in [6.07, 6.45) is 0.184. The van der Waals surface area contributed by atoms with Gasteiger partial charge in [0.1, 0.15) is 5.82 Å². The first-order valence-corrected chi connectivity index (χ1v) is 8.77. The van der Waals surface area contributed by atoms with E-state index in [1.54, 1.807) is 18.5 Å². The van der Waals surface area contributed by atoms with Crippen molar-refractivity contribution in [3.63, 3.8) is 0 Å². The van der Waals surface area contributed by atoms with Crippen LogP contribution >= 0.6 is 0 Å². The number of carbonyl (C=O) groups excluding carboxylic acids is 1. The number of nitrogens with zero attached hydrogens (tertiary/aromatic N) is 4. The number of aryl methyl sites for hydroxylation is 1. The number of carbonyl (C=O) groups is 1. The summed E-state index contributed by atoms with van der Waals surface area (Å²) in [6.45, 7) is 9.18. The second-order valence-corrected chi connectivity index (χ2v) is 7.13. The van der Waals surface area contributed by atoms with Crippen LogP contribution in [0.3, 0.4) is 0 Å². The molecular formula is C17H25N5O4. The molecule has 2 aromatic rings. The van der Waals surface area contributed by atoms with Crippen LogP contribution in [-0.2, 0) is 23.1 Å². The lowest BCUT2D eigenvalue weighted by atomic mass is 10.2. The number of aromatic amines is 1. The van der Waals surface area contributed by atoms with E-state index >= 15 is 0 Å². The average molecular weight is 363 g/mol. The molecule has 0 aromatic carbocycles. The SMILES string of the molecule is CC(=O)[C@H](C)n1c(CN2C[C@H](C)O[C@@H](C)C2)nc2c1c(=O)[nH]c(=O)n2C. The fourth-order valence-corrected chi connectivity index (χ4v) is 3.57. The number of ketones is 1. The molecule has 0 bridgehead atoms. The van der Waals surface area contributed by atoms with Gasteiger partial charge >= 0.3 is 5.69 Å². The van der Waals surface area contributed by atoms with Crippen LogP contribution in [0.15, 0.2) is 9.59 Å². The van der Waals surface area contributed by atoms with E-state index in [2.05, 4.69) is 14.9 Å². The summed E-state index contributed by atoms with van der Waals surface area (Å²) in [5.41, 5.74) is -0.517. The molecule has 9 heteroatoms. The molecule has 1 aliphatic heterocycles. The number of hydrogen-bond acceptors (Lipinski definition) is 6. The summed E-state index contributed by atoms with van der Waals surface area (Å²) >= 11 is 0. The van der Waals surface area contributed by atoms with Crippen LogP contribution in [0.4, 0.5) is 0 Å². The maximum Gasteiger partial charge on any atom is 0.329 e. The number of ether oxygens (including phenoxy) is 1. The molecule has 26 heavy (non-hydrogen) atoms. The third kappa shape index (κ3) is 3.24. The number of fused-ring (bicyclic) bond motifs is 1. The maximum absolute atomic E-state index is 12.4. The Bertz CT molecular complexity index is 946. The van der Waals surface area contributed by atoms with Crippen molar-refractivity contribution >= 4 is 16.9 Å². The molecule has 1 aliphatic rings. The van der Waals surface area contributed by atoms with Gasteiger partial charge < -0.3 is 9.30 Å². The van der Waals surface area contributed by atoms with E-state index < -0.39 is 17.3 Å². The molecule has 9 nitrogen and oxygen atoms in total. The molecule has 1 N–H and O–H groups in total. The highest BCUT2D eigenvalue weighted by atomic mass is 16.5. The van der Waals surface area contributed by atoms with Crippen LogP contribution < -0.4 is 11.2 Å². The zero-order valence-electron chi connectivity index (χ0n) is 15.8. The quantitative estimate of drug-likeness (QED) is 0.832. The summed E-state index contributed by atoms with van der Waals surface area (Å²) in [4.78, 5) is 45.4. The minimum absolute atomic E-state index is 0.0810. The Hall–Kier alpha value is -2.26. The van der Waals surface area contributed by atoms with Gasteiger partial charge in [0.25, 0.3) is 5.56 Å². The summed E-state index contributed by atoms with van der Waals surface area (Å²) in [5.74, 6) is 0.512. The van der Waals surface area contributed by atoms with Crippen LogP contribution in [-0.4, -0.2) is 55.1 Å². The number of aromatic nitrogens is 4. The number of morpholine rings is 1. The minimum Gasteiger partial charge on any atom is -0.373 e. The lowest BCUT2D eigenvalue weighted by Gasteiger charge is -2.35. The molecule has 0 saturated carbocycles. The van der Waals surface area contributed by atoms with Crippen molar-refractivity contribution < 1.29 is 9.53 Å². The van der Waals surface area contributed by atoms with Gasteiger partial charge in [-0.1, -0.05) is 0 Å². The van der Waals surface area contributed by atoms with Gasteiger partial charge in [-0.3, -0.25) is 24.0 Å². The van der Waals surface area contributed by atoms with Crippen molar-refractivity contribution in [3.8, 4) is 0 Å². The highest BCUT2D eigenvalue weighted by Gasteiger charge is 2.27. The lowest BCUT2D eigenvalue weighted by Crippen LogP contribution is -2.45. The van der Waals surface area contributed by atoms with E-state index in [4.69, 9.17) is 4.74 Å². The number of hydrogen-bond donors (Lipinski definition) is 1.